The van der Waals surface area contributed by atoms with Gasteiger partial charge in [0.05, 0.1) is 27.8 Å². The normalized spacial score (nSPS) is 11.8. The van der Waals surface area contributed by atoms with Gasteiger partial charge in [0.1, 0.15) is 0 Å². The molecule has 0 aliphatic carbocycles. The Morgan fingerprint density at radius 3 is 2.60 bits per heavy atom. The lowest BCUT2D eigenvalue weighted by Crippen LogP contribution is -2.23. The predicted molar refractivity (Wildman–Crippen MR) is 75.9 cm³/mol. The highest BCUT2D eigenvalue weighted by atomic mass is 35.5. The van der Waals surface area contributed by atoms with Gasteiger partial charge in [-0.05, 0) is 31.5 Å². The van der Waals surface area contributed by atoms with Gasteiger partial charge in [0.15, 0.2) is 5.76 Å². The van der Waals surface area contributed by atoms with E-state index >= 15 is 0 Å². The molecule has 0 atom stereocenters. The van der Waals surface area contributed by atoms with Gasteiger partial charge < -0.3 is 10.3 Å². The van der Waals surface area contributed by atoms with E-state index in [-0.39, 0.29) is 17.1 Å². The van der Waals surface area contributed by atoms with Crippen LogP contribution in [0.3, 0.4) is 0 Å². The number of hydrogen-bond acceptors (Lipinski definition) is 5. The van der Waals surface area contributed by atoms with Crippen LogP contribution in [-0.4, -0.2) is 13.6 Å². The van der Waals surface area contributed by atoms with Crippen LogP contribution >= 0.6 is 11.6 Å². The van der Waals surface area contributed by atoms with Crippen molar-refractivity contribution in [2.24, 2.45) is 0 Å². The van der Waals surface area contributed by atoms with E-state index < -0.39 is 10.0 Å². The molecule has 0 aliphatic heterocycles. The van der Waals surface area contributed by atoms with Crippen LogP contribution in [0.5, 0.6) is 0 Å². The number of aryl methyl sites for hydroxylation is 2. The number of halogens is 1. The van der Waals surface area contributed by atoms with E-state index in [4.69, 9.17) is 21.9 Å². The molecule has 2 rings (SSSR count). The second kappa shape index (κ2) is 5.43. The van der Waals surface area contributed by atoms with E-state index in [1.54, 1.807) is 19.9 Å². The number of nitrogens with zero attached hydrogens (tertiary/aromatic N) is 1. The standard InChI is InChI=1S/C12H14ClN3O3S/c1-7-3-10(5-11(14)12(7)13)20(17,18)15-6-9-4-8(2)16-19-9/h3-5,15H,6,14H2,1-2H3. The second-order valence-corrected chi connectivity index (χ2v) is 6.55. The van der Waals surface area contributed by atoms with Crippen molar-refractivity contribution in [3.63, 3.8) is 0 Å². The molecule has 20 heavy (non-hydrogen) atoms. The monoisotopic (exact) mass is 315 g/mol. The zero-order valence-electron chi connectivity index (χ0n) is 11.0. The van der Waals surface area contributed by atoms with Crippen LogP contribution in [0, 0.1) is 13.8 Å². The fourth-order valence-electron chi connectivity index (χ4n) is 1.67. The van der Waals surface area contributed by atoms with Gasteiger partial charge >= 0.3 is 0 Å². The molecule has 8 heteroatoms. The minimum Gasteiger partial charge on any atom is -0.397 e. The summed E-state index contributed by atoms with van der Waals surface area (Å²) in [7, 11) is -3.69. The Morgan fingerprint density at radius 2 is 2.05 bits per heavy atom. The van der Waals surface area contributed by atoms with Crippen LogP contribution in [0.25, 0.3) is 0 Å². The summed E-state index contributed by atoms with van der Waals surface area (Å²) in [6.45, 7) is 3.47. The molecular formula is C12H14ClN3O3S. The molecule has 0 bridgehead atoms. The van der Waals surface area contributed by atoms with Gasteiger partial charge in [-0.2, -0.15) is 0 Å². The zero-order chi connectivity index (χ0) is 14.9. The van der Waals surface area contributed by atoms with Crippen LogP contribution in [0.1, 0.15) is 17.0 Å². The molecule has 1 heterocycles. The molecule has 1 aromatic heterocycles. The second-order valence-electron chi connectivity index (χ2n) is 4.40. The third-order valence-electron chi connectivity index (χ3n) is 2.68. The smallest absolute Gasteiger partial charge is 0.241 e. The van der Waals surface area contributed by atoms with Crippen molar-refractivity contribution in [2.45, 2.75) is 25.3 Å². The predicted octanol–water partition coefficient (Wildman–Crippen LogP) is 2.01. The molecule has 0 fully saturated rings. The van der Waals surface area contributed by atoms with Crippen molar-refractivity contribution in [1.29, 1.82) is 0 Å². The molecule has 0 unspecified atom stereocenters. The summed E-state index contributed by atoms with van der Waals surface area (Å²) in [6, 6.07) is 4.44. The molecule has 3 N–H and O–H groups in total. The van der Waals surface area contributed by atoms with Gasteiger partial charge in [0, 0.05) is 6.07 Å². The first-order valence-corrected chi connectivity index (χ1v) is 7.63. The Balaban J connectivity index is 2.22. The summed E-state index contributed by atoms with van der Waals surface area (Å²) < 4.78 is 31.7. The molecule has 108 valence electrons. The highest BCUT2D eigenvalue weighted by molar-refractivity contribution is 7.89. The fourth-order valence-corrected chi connectivity index (χ4v) is 2.89. The molecule has 1 aromatic carbocycles. The third-order valence-corrected chi connectivity index (χ3v) is 4.58. The molecule has 0 amide bonds. The number of sulfonamides is 1. The van der Waals surface area contributed by atoms with E-state index in [0.29, 0.717) is 22.0 Å². The Kier molecular flexibility index (Phi) is 4.03. The van der Waals surface area contributed by atoms with Crippen molar-refractivity contribution in [3.8, 4) is 0 Å². The maximum Gasteiger partial charge on any atom is 0.241 e. The summed E-state index contributed by atoms with van der Waals surface area (Å²) >= 11 is 5.91. The minimum absolute atomic E-state index is 0.0186. The first kappa shape index (κ1) is 14.8. The summed E-state index contributed by atoms with van der Waals surface area (Å²) in [5.41, 5.74) is 7.19. The van der Waals surface area contributed by atoms with Gasteiger partial charge in [0.25, 0.3) is 0 Å². The molecule has 0 saturated carbocycles. The quantitative estimate of drug-likeness (QED) is 0.841. The van der Waals surface area contributed by atoms with E-state index in [1.807, 2.05) is 0 Å². The number of hydrogen-bond donors (Lipinski definition) is 2. The Labute approximate surface area is 122 Å². The summed E-state index contributed by atoms with van der Waals surface area (Å²) in [5, 5.41) is 4.04. The maximum absolute atomic E-state index is 12.2. The number of benzene rings is 1. The molecule has 6 nitrogen and oxygen atoms in total. The Morgan fingerprint density at radius 1 is 1.35 bits per heavy atom. The van der Waals surface area contributed by atoms with Gasteiger partial charge in [0.2, 0.25) is 10.0 Å². The van der Waals surface area contributed by atoms with Crippen LogP contribution in [0.15, 0.2) is 27.6 Å². The molecule has 0 saturated heterocycles. The SMILES string of the molecule is Cc1cc(CNS(=O)(=O)c2cc(C)c(Cl)c(N)c2)on1. The number of anilines is 1. The van der Waals surface area contributed by atoms with Crippen LogP contribution < -0.4 is 10.5 Å². The zero-order valence-corrected chi connectivity index (χ0v) is 12.5. The first-order chi connectivity index (χ1) is 9.29. The lowest BCUT2D eigenvalue weighted by atomic mass is 10.2. The number of nitrogens with two attached hydrogens (primary N) is 1. The summed E-state index contributed by atoms with van der Waals surface area (Å²) in [4.78, 5) is 0.0631. The molecule has 0 aliphatic rings. The van der Waals surface area contributed by atoms with Gasteiger partial charge in [-0.3, -0.25) is 0 Å². The number of rotatable bonds is 4. The molecule has 0 radical (unpaired) electrons. The van der Waals surface area contributed by atoms with E-state index in [0.717, 1.165) is 0 Å². The lowest BCUT2D eigenvalue weighted by molar-refractivity contribution is 0.377. The van der Waals surface area contributed by atoms with Gasteiger partial charge in [-0.1, -0.05) is 16.8 Å². The molecule has 2 aromatic rings. The van der Waals surface area contributed by atoms with E-state index in [1.165, 1.54) is 12.1 Å². The average molecular weight is 316 g/mol. The molecular weight excluding hydrogens is 302 g/mol. The van der Waals surface area contributed by atoms with Crippen molar-refractivity contribution in [2.75, 3.05) is 5.73 Å². The lowest BCUT2D eigenvalue weighted by Gasteiger charge is -2.09. The number of nitrogen functional groups attached to an aromatic ring is 1. The van der Waals surface area contributed by atoms with E-state index in [9.17, 15) is 8.42 Å². The third kappa shape index (κ3) is 3.12. The van der Waals surface area contributed by atoms with Crippen LogP contribution in [-0.2, 0) is 16.6 Å². The molecule has 0 spiro atoms. The Hall–Kier alpha value is -1.57. The summed E-state index contributed by atoms with van der Waals surface area (Å²) in [6.07, 6.45) is 0. The van der Waals surface area contributed by atoms with Crippen molar-refractivity contribution in [3.05, 3.63) is 40.2 Å². The minimum atomic E-state index is -3.69. The maximum atomic E-state index is 12.2. The highest BCUT2D eigenvalue weighted by Crippen LogP contribution is 2.26. The Bertz CT molecular complexity index is 717. The average Bonchev–Trinajstić information content (AvgIpc) is 2.79. The van der Waals surface area contributed by atoms with Crippen molar-refractivity contribution >= 4 is 27.3 Å². The largest absolute Gasteiger partial charge is 0.397 e. The number of aromatic nitrogens is 1. The van der Waals surface area contributed by atoms with Crippen LogP contribution in [0.4, 0.5) is 5.69 Å². The van der Waals surface area contributed by atoms with Crippen molar-refractivity contribution in [1.82, 2.24) is 9.88 Å². The first-order valence-electron chi connectivity index (χ1n) is 5.77. The highest BCUT2D eigenvalue weighted by Gasteiger charge is 2.17. The van der Waals surface area contributed by atoms with E-state index in [2.05, 4.69) is 9.88 Å². The number of nitrogens with one attached hydrogen (secondary N) is 1. The summed E-state index contributed by atoms with van der Waals surface area (Å²) in [5.74, 6) is 0.435. The van der Waals surface area contributed by atoms with Gasteiger partial charge in [-0.15, -0.1) is 0 Å². The fraction of sp³-hybridized carbons (Fsp3) is 0.250. The van der Waals surface area contributed by atoms with Gasteiger partial charge in [-0.25, -0.2) is 13.1 Å². The topological polar surface area (TPSA) is 98.2 Å². The van der Waals surface area contributed by atoms with Crippen LogP contribution in [0.2, 0.25) is 5.02 Å². The van der Waals surface area contributed by atoms with Crippen molar-refractivity contribution < 1.29 is 12.9 Å².